The fourth-order valence-corrected chi connectivity index (χ4v) is 6.34. The molecule has 1 aromatic heterocycles. The van der Waals surface area contributed by atoms with Crippen LogP contribution in [0.1, 0.15) is 83.8 Å². The Kier molecular flexibility index (Phi) is 9.21. The monoisotopic (exact) mass is 559 g/mol. The fraction of sp³-hybridized carbons (Fsp3) is 0.750. The predicted molar refractivity (Wildman–Crippen MR) is 139 cm³/mol. The number of aryl methyl sites for hydroxylation is 1. The van der Waals surface area contributed by atoms with E-state index in [1.165, 1.54) is 25.2 Å². The maximum absolute atomic E-state index is 14.3. The summed E-state index contributed by atoms with van der Waals surface area (Å²) in [6.07, 6.45) is -6.11. The normalized spacial score (nSPS) is 35.9. The Morgan fingerprint density at radius 3 is 2.47 bits per heavy atom. The smallest absolute Gasteiger partial charge is 0.394 e. The minimum Gasteiger partial charge on any atom is -0.458 e. The van der Waals surface area contributed by atoms with Crippen molar-refractivity contribution in [3.63, 3.8) is 0 Å². The number of esters is 1. The van der Waals surface area contributed by atoms with E-state index in [9.17, 15) is 33.0 Å². The molecule has 1 aliphatic carbocycles. The van der Waals surface area contributed by atoms with E-state index in [0.29, 0.717) is 17.7 Å². The van der Waals surface area contributed by atoms with Crippen LogP contribution in [0.15, 0.2) is 11.0 Å². The van der Waals surface area contributed by atoms with Crippen molar-refractivity contribution in [2.75, 3.05) is 0 Å². The molecule has 2 aliphatic rings. The Morgan fingerprint density at radius 1 is 1.24 bits per heavy atom. The molecule has 0 bridgehead atoms. The number of carbonyl (C=O) groups is 2. The number of thiazole rings is 1. The summed E-state index contributed by atoms with van der Waals surface area (Å²) in [6.45, 7) is 9.89. The molecule has 2 heterocycles. The van der Waals surface area contributed by atoms with Gasteiger partial charge in [-0.3, -0.25) is 9.59 Å². The first-order valence-electron chi connectivity index (χ1n) is 13.3. The first-order chi connectivity index (χ1) is 17.5. The van der Waals surface area contributed by atoms with E-state index in [0.717, 1.165) is 5.01 Å². The molecule has 3 rings (SSSR count). The molecule has 1 aliphatic heterocycles. The number of carbonyl (C=O) groups excluding carboxylic acids is 2. The number of nitrogens with zero attached hydrogens (tertiary/aromatic N) is 1. The van der Waals surface area contributed by atoms with Crippen LogP contribution in [0.2, 0.25) is 0 Å². The maximum Gasteiger partial charge on any atom is 0.394 e. The second-order valence-electron chi connectivity index (χ2n) is 11.9. The van der Waals surface area contributed by atoms with Crippen LogP contribution >= 0.6 is 11.3 Å². The number of cyclic esters (lactones) is 1. The maximum atomic E-state index is 14.3. The number of aromatic nitrogens is 1. The summed E-state index contributed by atoms with van der Waals surface area (Å²) in [5.74, 6) is -3.18. The minimum absolute atomic E-state index is 0.00430. The van der Waals surface area contributed by atoms with E-state index in [-0.39, 0.29) is 25.7 Å². The molecular formula is C28H40F3NO5S. The van der Waals surface area contributed by atoms with Crippen LogP contribution in [0.4, 0.5) is 13.2 Å². The molecule has 1 saturated heterocycles. The molecule has 214 valence electrons. The summed E-state index contributed by atoms with van der Waals surface area (Å²) in [4.78, 5) is 30.5. The predicted octanol–water partition coefficient (Wildman–Crippen LogP) is 5.89. The number of fused-ring (bicyclic) bond motifs is 1. The van der Waals surface area contributed by atoms with Gasteiger partial charge in [0.25, 0.3) is 0 Å². The summed E-state index contributed by atoms with van der Waals surface area (Å²) in [5, 5.41) is 24.3. The van der Waals surface area contributed by atoms with Crippen molar-refractivity contribution in [2.24, 2.45) is 28.6 Å². The number of ether oxygens (including phenoxy) is 1. The zero-order valence-corrected chi connectivity index (χ0v) is 23.8. The van der Waals surface area contributed by atoms with Crippen LogP contribution in [0, 0.1) is 35.5 Å². The van der Waals surface area contributed by atoms with Gasteiger partial charge in [-0.25, -0.2) is 4.98 Å². The van der Waals surface area contributed by atoms with Gasteiger partial charge in [0, 0.05) is 11.3 Å². The van der Waals surface area contributed by atoms with E-state index in [1.54, 1.807) is 26.8 Å². The molecule has 0 amide bonds. The van der Waals surface area contributed by atoms with Crippen LogP contribution in [-0.4, -0.2) is 51.4 Å². The highest BCUT2D eigenvalue weighted by Gasteiger charge is 2.69. The number of Topliss-reactive ketones (excluding diaryl/α,β-unsaturated/α-hetero) is 1. The van der Waals surface area contributed by atoms with Crippen molar-refractivity contribution in [1.29, 1.82) is 0 Å². The van der Waals surface area contributed by atoms with Crippen molar-refractivity contribution in [2.45, 2.75) is 105 Å². The number of rotatable bonds is 2. The third kappa shape index (κ3) is 6.50. The Bertz CT molecular complexity index is 1050. The SMILES string of the molecule is C/C(=C\c1csc(C)n1)[C@@H]1CC2CC2(C(F)(F)F)CCC[C@H](C)[C@H](O)[C@@H](C)C(=O)C(C)(C)[C@@H](O)CC(=O)O1. The zero-order valence-electron chi connectivity index (χ0n) is 23.0. The molecule has 1 aromatic rings. The van der Waals surface area contributed by atoms with Gasteiger partial charge in [-0.15, -0.1) is 11.3 Å². The molecule has 1 saturated carbocycles. The Labute approximate surface area is 226 Å². The second-order valence-corrected chi connectivity index (χ2v) is 13.0. The van der Waals surface area contributed by atoms with E-state index in [1.807, 2.05) is 12.3 Å². The van der Waals surface area contributed by atoms with Gasteiger partial charge < -0.3 is 14.9 Å². The summed E-state index contributed by atoms with van der Waals surface area (Å²) >= 11 is 1.44. The number of aliphatic hydroxyl groups is 2. The van der Waals surface area contributed by atoms with Gasteiger partial charge in [-0.1, -0.05) is 34.1 Å². The van der Waals surface area contributed by atoms with Crippen molar-refractivity contribution in [1.82, 2.24) is 4.98 Å². The molecule has 38 heavy (non-hydrogen) atoms. The number of hydrogen-bond acceptors (Lipinski definition) is 7. The molecule has 0 spiro atoms. The van der Waals surface area contributed by atoms with Gasteiger partial charge in [-0.2, -0.15) is 13.2 Å². The van der Waals surface area contributed by atoms with Gasteiger partial charge in [0.1, 0.15) is 11.9 Å². The lowest BCUT2D eigenvalue weighted by Crippen LogP contribution is -2.45. The molecule has 0 radical (unpaired) electrons. The van der Waals surface area contributed by atoms with E-state index < -0.39 is 71.2 Å². The van der Waals surface area contributed by atoms with Crippen molar-refractivity contribution in [3.8, 4) is 0 Å². The lowest BCUT2D eigenvalue weighted by molar-refractivity contribution is -0.195. The lowest BCUT2D eigenvalue weighted by Gasteiger charge is -2.34. The lowest BCUT2D eigenvalue weighted by atomic mass is 9.73. The third-order valence-corrected chi connectivity index (χ3v) is 9.50. The zero-order chi connectivity index (χ0) is 28.6. The Balaban J connectivity index is 1.94. The Morgan fingerprint density at radius 2 is 1.89 bits per heavy atom. The molecule has 6 nitrogen and oxygen atoms in total. The van der Waals surface area contributed by atoms with E-state index in [2.05, 4.69) is 4.98 Å². The highest BCUT2D eigenvalue weighted by atomic mass is 32.1. The van der Waals surface area contributed by atoms with E-state index in [4.69, 9.17) is 4.74 Å². The number of aliphatic hydroxyl groups excluding tert-OH is 2. The average molecular weight is 560 g/mol. The molecular weight excluding hydrogens is 519 g/mol. The third-order valence-electron chi connectivity index (χ3n) is 8.71. The van der Waals surface area contributed by atoms with Crippen LogP contribution in [0.5, 0.6) is 0 Å². The van der Waals surface area contributed by atoms with Crippen LogP contribution in [0.3, 0.4) is 0 Å². The fourth-order valence-electron chi connectivity index (χ4n) is 5.77. The first-order valence-corrected chi connectivity index (χ1v) is 14.1. The van der Waals surface area contributed by atoms with Crippen molar-refractivity contribution in [3.05, 3.63) is 21.7 Å². The number of halogens is 3. The summed E-state index contributed by atoms with van der Waals surface area (Å²) in [7, 11) is 0. The highest BCUT2D eigenvalue weighted by Crippen LogP contribution is 2.67. The molecule has 2 N–H and O–H groups in total. The van der Waals surface area contributed by atoms with Gasteiger partial charge >= 0.3 is 12.1 Å². The number of ketones is 1. The van der Waals surface area contributed by atoms with Crippen molar-refractivity contribution >= 4 is 29.2 Å². The minimum atomic E-state index is -4.41. The average Bonchev–Trinajstić information content (AvgIpc) is 3.38. The largest absolute Gasteiger partial charge is 0.458 e. The molecule has 0 aromatic carbocycles. The highest BCUT2D eigenvalue weighted by molar-refractivity contribution is 7.09. The quantitative estimate of drug-likeness (QED) is 0.439. The van der Waals surface area contributed by atoms with Gasteiger partial charge in [0.15, 0.2) is 0 Å². The Hall–Kier alpha value is -1.78. The standard InChI is InChI=1S/C28H40F3NO5S/c1-15-8-7-9-27(28(29,30)31)13-19(27)11-21(16(2)10-20-14-38-18(4)32-20)37-23(34)12-22(33)26(5,6)25(36)17(3)24(15)35/h10,14-15,17,19,21-22,24,33,35H,7-9,11-13H2,1-6H3/b16-10+/t15-,17+,19?,21-,22-,24-,27?/m0/s1. The summed E-state index contributed by atoms with van der Waals surface area (Å²) < 4.78 is 48.5. The topological polar surface area (TPSA) is 96.7 Å². The van der Waals surface area contributed by atoms with Crippen LogP contribution in [0.25, 0.3) is 6.08 Å². The van der Waals surface area contributed by atoms with Crippen molar-refractivity contribution < 1.29 is 37.7 Å². The van der Waals surface area contributed by atoms with Gasteiger partial charge in [0.05, 0.1) is 40.2 Å². The molecule has 2 fully saturated rings. The van der Waals surface area contributed by atoms with Crippen LogP contribution < -0.4 is 0 Å². The molecule has 2 unspecified atom stereocenters. The van der Waals surface area contributed by atoms with Crippen LogP contribution in [-0.2, 0) is 14.3 Å². The van der Waals surface area contributed by atoms with E-state index >= 15 is 0 Å². The number of alkyl halides is 3. The molecule has 10 heteroatoms. The summed E-state index contributed by atoms with van der Waals surface area (Å²) in [5.41, 5.74) is -1.99. The molecule has 7 atom stereocenters. The second kappa shape index (κ2) is 11.4. The summed E-state index contributed by atoms with van der Waals surface area (Å²) in [6, 6.07) is 0. The number of hydrogen-bond donors (Lipinski definition) is 2. The van der Waals surface area contributed by atoms with Gasteiger partial charge in [0.2, 0.25) is 0 Å². The van der Waals surface area contributed by atoms with Gasteiger partial charge in [-0.05, 0) is 63.0 Å². The first kappa shape index (κ1) is 30.8.